The van der Waals surface area contributed by atoms with Gasteiger partial charge in [-0.05, 0) is 38.3 Å². The zero-order valence-electron chi connectivity index (χ0n) is 11.7. The molecule has 0 fully saturated rings. The Bertz CT molecular complexity index is 394. The van der Waals surface area contributed by atoms with E-state index >= 15 is 0 Å². The lowest BCUT2D eigenvalue weighted by atomic mass is 10.1. The summed E-state index contributed by atoms with van der Waals surface area (Å²) in [6, 6.07) is 8.73. The average Bonchev–Trinajstić information content (AvgIpc) is 2.58. The van der Waals surface area contributed by atoms with E-state index in [4.69, 9.17) is 5.73 Å². The molecule has 1 aliphatic carbocycles. The van der Waals surface area contributed by atoms with Crippen LogP contribution in [-0.4, -0.2) is 14.3 Å². The maximum Gasteiger partial charge on any atom is 0.0600 e. The number of hydrogen-bond acceptors (Lipinski definition) is 1. The molecule has 1 nitrogen and oxygen atoms in total. The highest BCUT2D eigenvalue weighted by Gasteiger charge is 2.13. The molecule has 0 bridgehead atoms. The number of nitrogens with two attached hydrogens (primary N) is 1. The normalized spacial score (nSPS) is 13.9. The van der Waals surface area contributed by atoms with Gasteiger partial charge in [0.1, 0.15) is 0 Å². The van der Waals surface area contributed by atoms with Crippen molar-refractivity contribution in [3.63, 3.8) is 0 Å². The molecule has 0 aromatic heterocycles. The predicted octanol–water partition coefficient (Wildman–Crippen LogP) is 3.40. The molecule has 1 aliphatic rings. The van der Waals surface area contributed by atoms with Gasteiger partial charge in [-0.3, -0.25) is 0 Å². The van der Waals surface area contributed by atoms with Gasteiger partial charge in [-0.25, -0.2) is 0 Å². The van der Waals surface area contributed by atoms with Crippen molar-refractivity contribution in [2.24, 2.45) is 5.73 Å². The summed E-state index contributed by atoms with van der Waals surface area (Å²) in [5.74, 6) is 0. The molecule has 0 aliphatic heterocycles. The summed E-state index contributed by atoms with van der Waals surface area (Å²) in [5, 5.41) is 1.70. The van der Waals surface area contributed by atoms with Gasteiger partial charge in [-0.1, -0.05) is 48.6 Å². The summed E-state index contributed by atoms with van der Waals surface area (Å²) in [7, 11) is -0.548. The average molecular weight is 247 g/mol. The standard InChI is InChI=1S/C11H14Si.C4H11N/c1-12(2)11-7-9-5-3-4-6-10(9)8-11;1-4(2,3)5/h3-7,12H,8H2,1-2H3;5H2,1-3H3. The second-order valence-corrected chi connectivity index (χ2v) is 9.17. The molecule has 0 heterocycles. The molecule has 2 rings (SSSR count). The Labute approximate surface area is 107 Å². The molecule has 0 atom stereocenters. The highest BCUT2D eigenvalue weighted by atomic mass is 28.3. The molecule has 2 N–H and O–H groups in total. The smallest absolute Gasteiger partial charge is 0.0600 e. The molecule has 0 saturated carbocycles. The molecule has 0 radical (unpaired) electrons. The van der Waals surface area contributed by atoms with Crippen LogP contribution in [0.3, 0.4) is 0 Å². The van der Waals surface area contributed by atoms with Crippen LogP contribution in [0.2, 0.25) is 13.1 Å². The van der Waals surface area contributed by atoms with Gasteiger partial charge in [0.05, 0.1) is 8.80 Å². The van der Waals surface area contributed by atoms with Crippen LogP contribution in [0.5, 0.6) is 0 Å². The Morgan fingerprint density at radius 2 is 1.65 bits per heavy atom. The highest BCUT2D eigenvalue weighted by Crippen LogP contribution is 2.25. The minimum absolute atomic E-state index is 0. The zero-order chi connectivity index (χ0) is 13.1. The Hall–Kier alpha value is -0.863. The molecule has 0 spiro atoms. The summed E-state index contributed by atoms with van der Waals surface area (Å²) < 4.78 is 0. The first-order valence-corrected chi connectivity index (χ1v) is 9.23. The fourth-order valence-electron chi connectivity index (χ4n) is 1.68. The molecule has 94 valence electrons. The summed E-state index contributed by atoms with van der Waals surface area (Å²) in [4.78, 5) is 0. The molecule has 1 aromatic rings. The van der Waals surface area contributed by atoms with E-state index in [1.807, 2.05) is 20.8 Å². The van der Waals surface area contributed by atoms with E-state index in [0.29, 0.717) is 0 Å². The van der Waals surface area contributed by atoms with Gasteiger partial charge >= 0.3 is 0 Å². The number of allylic oxidation sites excluding steroid dienone is 1. The van der Waals surface area contributed by atoms with Gasteiger partial charge in [0.2, 0.25) is 0 Å². The quantitative estimate of drug-likeness (QED) is 0.756. The predicted molar refractivity (Wildman–Crippen MR) is 80.9 cm³/mol. The van der Waals surface area contributed by atoms with Crippen LogP contribution < -0.4 is 5.73 Å². The van der Waals surface area contributed by atoms with Crippen LogP contribution in [0.25, 0.3) is 6.08 Å². The lowest BCUT2D eigenvalue weighted by Gasteiger charge is -2.06. The van der Waals surface area contributed by atoms with Crippen molar-refractivity contribution in [3.05, 3.63) is 40.6 Å². The molecule has 0 saturated heterocycles. The lowest BCUT2D eigenvalue weighted by Crippen LogP contribution is -2.26. The maximum absolute atomic E-state index is 5.35. The number of fused-ring (bicyclic) bond motifs is 1. The molecule has 2 heteroatoms. The van der Waals surface area contributed by atoms with Crippen molar-refractivity contribution in [2.45, 2.75) is 45.8 Å². The lowest BCUT2D eigenvalue weighted by molar-refractivity contribution is 0.580. The fraction of sp³-hybridized carbons (Fsp3) is 0.467. The second kappa shape index (κ2) is 5.65. The SMILES string of the molecule is CC(C)(C)N.C[SiH](C)C1=Cc2ccccc2C1. The Morgan fingerprint density at radius 3 is 2.12 bits per heavy atom. The third-order valence-electron chi connectivity index (χ3n) is 2.53. The third-order valence-corrected chi connectivity index (χ3v) is 4.39. The van der Waals surface area contributed by atoms with Gasteiger partial charge in [-0.15, -0.1) is 0 Å². The summed E-state index contributed by atoms with van der Waals surface area (Å²) >= 11 is 0. The first-order valence-electron chi connectivity index (χ1n) is 6.34. The Balaban J connectivity index is 0.000000249. The Morgan fingerprint density at radius 1 is 1.12 bits per heavy atom. The van der Waals surface area contributed by atoms with E-state index in [1.165, 1.54) is 17.5 Å². The van der Waals surface area contributed by atoms with E-state index in [2.05, 4.69) is 43.4 Å². The van der Waals surface area contributed by atoms with Gasteiger partial charge in [0.15, 0.2) is 0 Å². The summed E-state index contributed by atoms with van der Waals surface area (Å²) in [6.45, 7) is 10.7. The summed E-state index contributed by atoms with van der Waals surface area (Å²) in [6.07, 6.45) is 3.62. The van der Waals surface area contributed by atoms with Crippen LogP contribution in [-0.2, 0) is 6.42 Å². The van der Waals surface area contributed by atoms with Crippen molar-refractivity contribution < 1.29 is 0 Å². The van der Waals surface area contributed by atoms with Crippen LogP contribution >= 0.6 is 0 Å². The van der Waals surface area contributed by atoms with Crippen molar-refractivity contribution in [2.75, 3.05) is 0 Å². The zero-order valence-corrected chi connectivity index (χ0v) is 12.9. The minimum atomic E-state index is -0.548. The second-order valence-electron chi connectivity index (χ2n) is 6.12. The largest absolute Gasteiger partial charge is 0.326 e. The molecule has 0 unspecified atom stereocenters. The van der Waals surface area contributed by atoms with Crippen molar-refractivity contribution >= 4 is 14.9 Å². The first kappa shape index (κ1) is 14.2. The van der Waals surface area contributed by atoms with Crippen LogP contribution in [0.4, 0.5) is 0 Å². The van der Waals surface area contributed by atoms with E-state index in [9.17, 15) is 0 Å². The first-order chi connectivity index (χ1) is 7.77. The van der Waals surface area contributed by atoms with E-state index in [0.717, 1.165) is 0 Å². The highest BCUT2D eigenvalue weighted by molar-refractivity contribution is 6.65. The van der Waals surface area contributed by atoms with Crippen molar-refractivity contribution in [1.82, 2.24) is 0 Å². The number of rotatable bonds is 1. The topological polar surface area (TPSA) is 26.0 Å². The molecular formula is C15H25NSi. The van der Waals surface area contributed by atoms with Gasteiger partial charge in [-0.2, -0.15) is 0 Å². The Kier molecular flexibility index (Phi) is 4.72. The van der Waals surface area contributed by atoms with E-state index in [1.54, 1.807) is 5.20 Å². The molecule has 0 amide bonds. The van der Waals surface area contributed by atoms with Gasteiger partial charge in [0, 0.05) is 5.54 Å². The third kappa shape index (κ3) is 5.33. The number of hydrogen-bond donors (Lipinski definition) is 1. The fourth-order valence-corrected chi connectivity index (χ4v) is 2.82. The van der Waals surface area contributed by atoms with Gasteiger partial charge in [0.25, 0.3) is 0 Å². The monoisotopic (exact) mass is 247 g/mol. The van der Waals surface area contributed by atoms with Crippen LogP contribution in [0.1, 0.15) is 31.9 Å². The molecule has 17 heavy (non-hydrogen) atoms. The van der Waals surface area contributed by atoms with Crippen LogP contribution in [0, 0.1) is 0 Å². The number of benzene rings is 1. The van der Waals surface area contributed by atoms with Crippen molar-refractivity contribution in [1.29, 1.82) is 0 Å². The van der Waals surface area contributed by atoms with E-state index < -0.39 is 8.80 Å². The van der Waals surface area contributed by atoms with Gasteiger partial charge < -0.3 is 5.73 Å². The summed E-state index contributed by atoms with van der Waals surface area (Å²) in [5.41, 5.74) is 8.33. The molecular weight excluding hydrogens is 222 g/mol. The maximum atomic E-state index is 5.35. The van der Waals surface area contributed by atoms with Crippen molar-refractivity contribution in [3.8, 4) is 0 Å². The van der Waals surface area contributed by atoms with E-state index in [-0.39, 0.29) is 5.54 Å². The molecule has 1 aromatic carbocycles. The van der Waals surface area contributed by atoms with Crippen LogP contribution in [0.15, 0.2) is 29.5 Å². The minimum Gasteiger partial charge on any atom is -0.326 e.